The number of nitrogens with zero attached hydrogens (tertiary/aromatic N) is 3. The van der Waals surface area contributed by atoms with E-state index < -0.39 is 10.1 Å². The second-order valence-electron chi connectivity index (χ2n) is 6.55. The number of benzene rings is 3. The molecule has 7 nitrogen and oxygen atoms in total. The van der Waals surface area contributed by atoms with Crippen molar-refractivity contribution in [3.63, 3.8) is 0 Å². The van der Waals surface area contributed by atoms with Gasteiger partial charge in [0, 0.05) is 21.4 Å². The fraction of sp³-hybridized carbons (Fsp3) is 0. The Morgan fingerprint density at radius 3 is 2.28 bits per heavy atom. The molecule has 4 rings (SSSR count). The Hall–Kier alpha value is -2.04. The molecule has 0 spiro atoms. The quantitative estimate of drug-likeness (QED) is 0.160. The Balaban J connectivity index is 0.00000289. The molecule has 4 aromatic rings. The number of nitrogen functional groups attached to an aromatic ring is 1. The summed E-state index contributed by atoms with van der Waals surface area (Å²) in [4.78, 5) is 4.04. The van der Waals surface area contributed by atoms with Crippen LogP contribution in [0.15, 0.2) is 82.0 Å². The van der Waals surface area contributed by atoms with Gasteiger partial charge in [0.25, 0.3) is 10.1 Å². The van der Waals surface area contributed by atoms with Crippen LogP contribution in [0, 0.1) is 0 Å². The molecule has 0 unspecified atom stereocenters. The number of aromatic nitrogens is 1. The molecule has 0 saturated heterocycles. The number of hydrogen-bond donors (Lipinski definition) is 2. The molecular weight excluding hydrogens is 482 g/mol. The first-order valence-corrected chi connectivity index (χ1v) is 11.1. The predicted molar refractivity (Wildman–Crippen MR) is 129 cm³/mol. The number of hydrogen-bond acceptors (Lipinski definition) is 6. The van der Waals surface area contributed by atoms with E-state index in [-0.39, 0.29) is 45.8 Å². The normalized spacial score (nSPS) is 11.6. The topological polar surface area (TPSA) is 118 Å². The molecule has 32 heavy (non-hydrogen) atoms. The van der Waals surface area contributed by atoms with Gasteiger partial charge in [-0.15, -0.1) is 10.2 Å². The number of anilines is 1. The second-order valence-corrected chi connectivity index (χ2v) is 8.79. The Kier molecular flexibility index (Phi) is 7.57. The van der Waals surface area contributed by atoms with Crippen LogP contribution in [0.1, 0.15) is 0 Å². The zero-order valence-corrected chi connectivity index (χ0v) is 18.0. The van der Waals surface area contributed by atoms with Crippen molar-refractivity contribution >= 4 is 90.7 Å². The average Bonchev–Trinajstić information content (AvgIpc) is 2.73. The summed E-state index contributed by atoms with van der Waals surface area (Å²) in [6, 6.07) is 16.2. The maximum atomic E-state index is 11.8. The van der Waals surface area contributed by atoms with Crippen LogP contribution in [0.5, 0.6) is 0 Å². The molecule has 0 atom stereocenters. The molecule has 0 amide bonds. The van der Waals surface area contributed by atoms with Gasteiger partial charge in [0.1, 0.15) is 16.3 Å². The zero-order valence-electron chi connectivity index (χ0n) is 15.7. The van der Waals surface area contributed by atoms with E-state index in [0.717, 1.165) is 0 Å². The van der Waals surface area contributed by atoms with Crippen molar-refractivity contribution in [3.05, 3.63) is 76.9 Å². The van der Waals surface area contributed by atoms with E-state index in [1.165, 1.54) is 12.3 Å². The summed E-state index contributed by atoms with van der Waals surface area (Å²) >= 11 is 12.1. The molecule has 3 aromatic carbocycles. The molecule has 0 saturated carbocycles. The molecule has 0 aliphatic heterocycles. The molecule has 0 aliphatic carbocycles. The van der Waals surface area contributed by atoms with Crippen LogP contribution in [-0.2, 0) is 10.1 Å². The van der Waals surface area contributed by atoms with Crippen molar-refractivity contribution in [2.45, 2.75) is 4.90 Å². The Labute approximate surface area is 216 Å². The third-order valence-corrected chi connectivity index (χ3v) is 5.97. The maximum absolute atomic E-state index is 11.8. The van der Waals surface area contributed by atoms with Crippen molar-refractivity contribution in [3.8, 4) is 11.3 Å². The monoisotopic (exact) mass is 496 g/mol. The van der Waals surface area contributed by atoms with Crippen LogP contribution in [0.25, 0.3) is 22.0 Å². The van der Waals surface area contributed by atoms with Gasteiger partial charge in [-0.2, -0.15) is 8.42 Å². The number of halogens is 2. The molecule has 3 N–H and O–H groups in total. The van der Waals surface area contributed by atoms with E-state index in [0.29, 0.717) is 37.8 Å². The summed E-state index contributed by atoms with van der Waals surface area (Å²) < 4.78 is 33.2. The fourth-order valence-corrected chi connectivity index (χ4v) is 4.28. The van der Waals surface area contributed by atoms with Crippen LogP contribution < -0.4 is 5.73 Å². The second kappa shape index (κ2) is 9.84. The van der Waals surface area contributed by atoms with Gasteiger partial charge >= 0.3 is 29.6 Å². The summed E-state index contributed by atoms with van der Waals surface area (Å²) in [7, 11) is -4.49. The number of fused-ring (bicyclic) bond motifs is 1. The van der Waals surface area contributed by atoms with E-state index in [1.807, 2.05) is 0 Å². The van der Waals surface area contributed by atoms with Gasteiger partial charge in [-0.1, -0.05) is 47.5 Å². The van der Waals surface area contributed by atoms with Crippen LogP contribution in [-0.4, -0.2) is 47.5 Å². The van der Waals surface area contributed by atoms with Gasteiger partial charge < -0.3 is 5.73 Å². The van der Waals surface area contributed by atoms with Gasteiger partial charge in [-0.3, -0.25) is 9.54 Å². The summed E-state index contributed by atoms with van der Waals surface area (Å²) in [5.74, 6) is 0. The van der Waals surface area contributed by atoms with Gasteiger partial charge in [0.05, 0.1) is 22.6 Å². The number of nitrogens with two attached hydrogens (primary N) is 1. The SMILES string of the molecule is Nc1c(N=Nc2ccc(-c3ccc(Cl)cc3Cl)nc2)cc(S(=O)(=O)O)c2ccccc12.[NaH]. The molecule has 158 valence electrons. The van der Waals surface area contributed by atoms with E-state index in [1.54, 1.807) is 54.6 Å². The van der Waals surface area contributed by atoms with E-state index in [4.69, 9.17) is 28.9 Å². The summed E-state index contributed by atoms with van der Waals surface area (Å²) in [6.45, 7) is 0. The Morgan fingerprint density at radius 1 is 0.938 bits per heavy atom. The van der Waals surface area contributed by atoms with Crippen LogP contribution in [0.4, 0.5) is 17.1 Å². The number of rotatable bonds is 4. The van der Waals surface area contributed by atoms with Crippen molar-refractivity contribution in [1.29, 1.82) is 0 Å². The summed E-state index contributed by atoms with van der Waals surface area (Å²) in [5, 5.41) is 9.90. The van der Waals surface area contributed by atoms with Crippen LogP contribution in [0.3, 0.4) is 0 Å². The number of pyridine rings is 1. The van der Waals surface area contributed by atoms with Gasteiger partial charge in [0.2, 0.25) is 0 Å². The van der Waals surface area contributed by atoms with Gasteiger partial charge in [0.15, 0.2) is 0 Å². The molecule has 0 radical (unpaired) electrons. The standard InChI is InChI=1S/C21H14Cl2N4O3S.Na.H/c22-12-5-7-16(17(23)9-12)18-8-6-13(11-25-18)26-27-19-10-20(31(28,29)30)14-3-1-2-4-15(14)21(19)24;;/h1-11H,24H2,(H,28,29,30);;. The zero-order chi connectivity index (χ0) is 22.2. The van der Waals surface area contributed by atoms with Crippen molar-refractivity contribution in [2.24, 2.45) is 10.2 Å². The summed E-state index contributed by atoms with van der Waals surface area (Å²) in [5.41, 5.74) is 8.25. The Morgan fingerprint density at radius 2 is 1.66 bits per heavy atom. The van der Waals surface area contributed by atoms with Crippen molar-refractivity contribution in [2.75, 3.05) is 5.73 Å². The van der Waals surface area contributed by atoms with E-state index in [9.17, 15) is 13.0 Å². The average molecular weight is 497 g/mol. The minimum atomic E-state index is -4.49. The molecular formula is C21H15Cl2N4NaO3S. The first-order chi connectivity index (χ1) is 14.7. The van der Waals surface area contributed by atoms with Gasteiger partial charge in [-0.25, -0.2) is 0 Å². The van der Waals surface area contributed by atoms with Crippen LogP contribution in [0.2, 0.25) is 10.0 Å². The fourth-order valence-electron chi connectivity index (χ4n) is 3.06. The molecule has 1 heterocycles. The molecule has 1 aromatic heterocycles. The third kappa shape index (κ3) is 5.13. The van der Waals surface area contributed by atoms with Crippen LogP contribution >= 0.6 is 23.2 Å². The molecule has 0 bridgehead atoms. The third-order valence-electron chi connectivity index (χ3n) is 4.53. The number of azo groups is 1. The first-order valence-electron chi connectivity index (χ1n) is 8.86. The Bertz CT molecular complexity index is 1450. The van der Waals surface area contributed by atoms with E-state index in [2.05, 4.69) is 15.2 Å². The van der Waals surface area contributed by atoms with Gasteiger partial charge in [-0.05, 0) is 36.4 Å². The predicted octanol–water partition coefficient (Wildman–Crippen LogP) is 5.80. The molecule has 11 heteroatoms. The van der Waals surface area contributed by atoms with Crippen molar-refractivity contribution in [1.82, 2.24) is 4.98 Å². The summed E-state index contributed by atoms with van der Waals surface area (Å²) in [6.07, 6.45) is 1.49. The minimum absolute atomic E-state index is 0. The van der Waals surface area contributed by atoms with Crippen molar-refractivity contribution < 1.29 is 13.0 Å². The first kappa shape index (κ1) is 24.6. The molecule has 0 aliphatic rings. The molecule has 0 fully saturated rings. The van der Waals surface area contributed by atoms with E-state index >= 15 is 0 Å².